The first-order chi connectivity index (χ1) is 5.86. The van der Waals surface area contributed by atoms with Crippen molar-refractivity contribution in [1.82, 2.24) is 0 Å². The molecule has 1 heterocycles. The van der Waals surface area contributed by atoms with Gasteiger partial charge in [-0.3, -0.25) is 0 Å². The molecule has 1 saturated heterocycles. The van der Waals surface area contributed by atoms with Gasteiger partial charge < -0.3 is 14.3 Å². The van der Waals surface area contributed by atoms with E-state index in [1.54, 1.807) is 0 Å². The van der Waals surface area contributed by atoms with Crippen molar-refractivity contribution >= 4 is 6.29 Å². The highest BCUT2D eigenvalue weighted by Crippen LogP contribution is 2.15. The van der Waals surface area contributed by atoms with Crippen LogP contribution in [0.2, 0.25) is 0 Å². The van der Waals surface area contributed by atoms with E-state index >= 15 is 0 Å². The molecular formula is C9H16O3. The number of hydrogen-bond acceptors (Lipinski definition) is 3. The minimum Gasteiger partial charge on any atom is -0.353 e. The van der Waals surface area contributed by atoms with Gasteiger partial charge in [-0.05, 0) is 25.7 Å². The average molecular weight is 172 g/mol. The number of aldehydes is 1. The molecule has 0 aromatic rings. The summed E-state index contributed by atoms with van der Waals surface area (Å²) in [4.78, 5) is 10.4. The zero-order valence-electron chi connectivity index (χ0n) is 7.49. The fraction of sp³-hybridized carbons (Fsp3) is 0.889. The number of hydrogen-bond donors (Lipinski definition) is 0. The fourth-order valence-corrected chi connectivity index (χ4v) is 1.24. The second-order valence-electron chi connectivity index (χ2n) is 3.01. The van der Waals surface area contributed by atoms with Crippen LogP contribution in [-0.2, 0) is 14.3 Å². The molecule has 3 nitrogen and oxygen atoms in total. The van der Waals surface area contributed by atoms with Crippen molar-refractivity contribution in [2.24, 2.45) is 0 Å². The standard InChI is InChI=1S/C9H16O3/c1-2-8(7-10)12-9-5-3-4-6-11-9/h7-9H,2-6H2,1H3/t8?,9-/m0/s1. The van der Waals surface area contributed by atoms with Crippen molar-refractivity contribution in [3.63, 3.8) is 0 Å². The van der Waals surface area contributed by atoms with E-state index in [-0.39, 0.29) is 12.4 Å². The van der Waals surface area contributed by atoms with Crippen LogP contribution in [-0.4, -0.2) is 25.3 Å². The average Bonchev–Trinajstić information content (AvgIpc) is 2.16. The second kappa shape index (κ2) is 5.27. The molecule has 0 aliphatic carbocycles. The Balaban J connectivity index is 2.22. The molecule has 1 aliphatic rings. The highest BCUT2D eigenvalue weighted by atomic mass is 16.7. The van der Waals surface area contributed by atoms with Gasteiger partial charge in [0.25, 0.3) is 0 Å². The Labute approximate surface area is 73.0 Å². The molecule has 0 aromatic carbocycles. The second-order valence-corrected chi connectivity index (χ2v) is 3.01. The third kappa shape index (κ3) is 2.91. The van der Waals surface area contributed by atoms with Gasteiger partial charge in [-0.15, -0.1) is 0 Å². The molecule has 70 valence electrons. The quantitative estimate of drug-likeness (QED) is 0.603. The predicted molar refractivity (Wildman–Crippen MR) is 44.8 cm³/mol. The SMILES string of the molecule is CCC(C=O)O[C@H]1CCCCO1. The maximum atomic E-state index is 10.4. The van der Waals surface area contributed by atoms with Crippen molar-refractivity contribution < 1.29 is 14.3 Å². The first kappa shape index (κ1) is 9.68. The normalized spacial score (nSPS) is 26.6. The van der Waals surface area contributed by atoms with Crippen LogP contribution in [0.4, 0.5) is 0 Å². The van der Waals surface area contributed by atoms with Crippen LogP contribution in [0, 0.1) is 0 Å². The van der Waals surface area contributed by atoms with Gasteiger partial charge in [0.15, 0.2) is 6.29 Å². The van der Waals surface area contributed by atoms with E-state index in [1.165, 1.54) is 0 Å². The highest BCUT2D eigenvalue weighted by molar-refractivity contribution is 5.55. The molecule has 1 fully saturated rings. The number of rotatable bonds is 4. The summed E-state index contributed by atoms with van der Waals surface area (Å²) in [6.07, 6.45) is 4.31. The van der Waals surface area contributed by atoms with Crippen molar-refractivity contribution in [2.45, 2.75) is 45.0 Å². The first-order valence-electron chi connectivity index (χ1n) is 4.59. The van der Waals surface area contributed by atoms with E-state index in [4.69, 9.17) is 9.47 Å². The summed E-state index contributed by atoms with van der Waals surface area (Å²) < 4.78 is 10.7. The zero-order chi connectivity index (χ0) is 8.81. The lowest BCUT2D eigenvalue weighted by Crippen LogP contribution is -2.28. The molecule has 0 radical (unpaired) electrons. The molecule has 0 bridgehead atoms. The van der Waals surface area contributed by atoms with Gasteiger partial charge in [-0.2, -0.15) is 0 Å². The lowest BCUT2D eigenvalue weighted by molar-refractivity contribution is -0.186. The van der Waals surface area contributed by atoms with Crippen LogP contribution in [0.15, 0.2) is 0 Å². The zero-order valence-corrected chi connectivity index (χ0v) is 7.49. The van der Waals surface area contributed by atoms with E-state index in [9.17, 15) is 4.79 Å². The summed E-state index contributed by atoms with van der Waals surface area (Å²) in [7, 11) is 0. The molecule has 3 heteroatoms. The molecule has 1 aliphatic heterocycles. The van der Waals surface area contributed by atoms with Gasteiger partial charge in [0.1, 0.15) is 12.4 Å². The maximum Gasteiger partial charge on any atom is 0.158 e. The smallest absolute Gasteiger partial charge is 0.158 e. The Kier molecular flexibility index (Phi) is 4.25. The van der Waals surface area contributed by atoms with Gasteiger partial charge >= 0.3 is 0 Å². The van der Waals surface area contributed by atoms with Crippen LogP contribution < -0.4 is 0 Å². The minimum atomic E-state index is -0.284. The van der Waals surface area contributed by atoms with Gasteiger partial charge in [0, 0.05) is 6.61 Å². The topological polar surface area (TPSA) is 35.5 Å². The molecule has 12 heavy (non-hydrogen) atoms. The molecule has 0 saturated carbocycles. The Hall–Kier alpha value is -0.410. The van der Waals surface area contributed by atoms with Crippen LogP contribution in [0.25, 0.3) is 0 Å². The summed E-state index contributed by atoms with van der Waals surface area (Å²) in [5, 5.41) is 0. The van der Waals surface area contributed by atoms with Gasteiger partial charge in [0.2, 0.25) is 0 Å². The molecular weight excluding hydrogens is 156 g/mol. The van der Waals surface area contributed by atoms with Crippen molar-refractivity contribution in [1.29, 1.82) is 0 Å². The van der Waals surface area contributed by atoms with Crippen LogP contribution in [0.3, 0.4) is 0 Å². The predicted octanol–water partition coefficient (Wildman–Crippen LogP) is 1.51. The van der Waals surface area contributed by atoms with Crippen molar-refractivity contribution in [2.75, 3.05) is 6.61 Å². The van der Waals surface area contributed by atoms with Crippen molar-refractivity contribution in [3.8, 4) is 0 Å². The molecule has 0 N–H and O–H groups in total. The largest absolute Gasteiger partial charge is 0.353 e. The Morgan fingerprint density at radius 1 is 1.67 bits per heavy atom. The van der Waals surface area contributed by atoms with Crippen LogP contribution in [0.5, 0.6) is 0 Å². The maximum absolute atomic E-state index is 10.4. The number of ether oxygens (including phenoxy) is 2. The lowest BCUT2D eigenvalue weighted by Gasteiger charge is -2.24. The minimum absolute atomic E-state index is 0.145. The van der Waals surface area contributed by atoms with Gasteiger partial charge in [-0.25, -0.2) is 0 Å². The fourth-order valence-electron chi connectivity index (χ4n) is 1.24. The molecule has 2 atom stereocenters. The molecule has 0 amide bonds. The van der Waals surface area contributed by atoms with Crippen molar-refractivity contribution in [3.05, 3.63) is 0 Å². The third-order valence-corrected chi connectivity index (χ3v) is 2.02. The Bertz CT molecular complexity index is 130. The molecule has 0 aromatic heterocycles. The van der Waals surface area contributed by atoms with E-state index < -0.39 is 0 Å². The summed E-state index contributed by atoms with van der Waals surface area (Å²) >= 11 is 0. The Morgan fingerprint density at radius 2 is 2.50 bits per heavy atom. The van der Waals surface area contributed by atoms with E-state index in [0.717, 1.165) is 38.6 Å². The summed E-state index contributed by atoms with van der Waals surface area (Å²) in [5.74, 6) is 0. The van der Waals surface area contributed by atoms with Gasteiger partial charge in [0.05, 0.1) is 0 Å². The molecule has 1 unspecified atom stereocenters. The number of carbonyl (C=O) groups excluding carboxylic acids is 1. The van der Waals surface area contributed by atoms with E-state index in [0.29, 0.717) is 0 Å². The van der Waals surface area contributed by atoms with Crippen LogP contribution in [0.1, 0.15) is 32.6 Å². The molecule has 0 spiro atoms. The third-order valence-electron chi connectivity index (χ3n) is 2.02. The monoisotopic (exact) mass is 172 g/mol. The van der Waals surface area contributed by atoms with E-state index in [2.05, 4.69) is 0 Å². The Morgan fingerprint density at radius 3 is 3.00 bits per heavy atom. The molecule has 1 rings (SSSR count). The summed E-state index contributed by atoms with van der Waals surface area (Å²) in [6, 6.07) is 0. The highest BCUT2D eigenvalue weighted by Gasteiger charge is 2.17. The first-order valence-corrected chi connectivity index (χ1v) is 4.59. The van der Waals surface area contributed by atoms with Gasteiger partial charge in [-0.1, -0.05) is 6.92 Å². The summed E-state index contributed by atoms with van der Waals surface area (Å²) in [6.45, 7) is 2.70. The van der Waals surface area contributed by atoms with Crippen LogP contribution >= 0.6 is 0 Å². The lowest BCUT2D eigenvalue weighted by atomic mass is 10.2. The summed E-state index contributed by atoms with van der Waals surface area (Å²) in [5.41, 5.74) is 0. The number of carbonyl (C=O) groups is 1. The van der Waals surface area contributed by atoms with E-state index in [1.807, 2.05) is 6.92 Å².